The summed E-state index contributed by atoms with van der Waals surface area (Å²) in [5, 5.41) is 0. The van der Waals surface area contributed by atoms with Crippen molar-refractivity contribution < 1.29 is 14.3 Å². The number of ether oxygens (including phenoxy) is 2. The van der Waals surface area contributed by atoms with Crippen molar-refractivity contribution in [3.05, 3.63) is 12.2 Å². The van der Waals surface area contributed by atoms with E-state index in [0.29, 0.717) is 11.8 Å². The van der Waals surface area contributed by atoms with Gasteiger partial charge in [0.25, 0.3) is 0 Å². The molecule has 0 amide bonds. The van der Waals surface area contributed by atoms with Crippen LogP contribution in [0.4, 0.5) is 0 Å². The van der Waals surface area contributed by atoms with Crippen LogP contribution < -0.4 is 0 Å². The molecule has 3 aliphatic rings. The lowest BCUT2D eigenvalue weighted by molar-refractivity contribution is -0.178. The van der Waals surface area contributed by atoms with Crippen LogP contribution >= 0.6 is 0 Å². The molecule has 3 rings (SSSR count). The van der Waals surface area contributed by atoms with Crippen molar-refractivity contribution in [3.8, 4) is 0 Å². The highest BCUT2D eigenvalue weighted by Crippen LogP contribution is 2.53. The number of hydrogen-bond donors (Lipinski definition) is 0. The molecule has 1 aliphatic heterocycles. The number of allylic oxidation sites excluding steroid dienone is 2. The van der Waals surface area contributed by atoms with Gasteiger partial charge in [0.2, 0.25) is 6.29 Å². The maximum absolute atomic E-state index is 11.7. The largest absolute Gasteiger partial charge is 0.435 e. The predicted molar refractivity (Wildman–Crippen MR) is 53.8 cm³/mol. The highest BCUT2D eigenvalue weighted by molar-refractivity contribution is 5.77. The summed E-state index contributed by atoms with van der Waals surface area (Å²) < 4.78 is 11.0. The Bertz CT molecular complexity index is 321. The number of rotatable bonds is 2. The third kappa shape index (κ3) is 1.26. The van der Waals surface area contributed by atoms with Gasteiger partial charge in [0.15, 0.2) is 0 Å². The van der Waals surface area contributed by atoms with E-state index in [1.165, 1.54) is 0 Å². The first-order chi connectivity index (χ1) is 7.16. The van der Waals surface area contributed by atoms with E-state index in [4.69, 9.17) is 9.47 Å². The Balaban J connectivity index is 1.84. The summed E-state index contributed by atoms with van der Waals surface area (Å²) >= 11 is 0. The minimum Gasteiger partial charge on any atom is -0.435 e. The standard InChI is InChI=1S/C12H16O3/c1-6(2)14-12-10-8-4-3-7(5-8)9(10)11(13)15-12/h3-4,6-10,12H,5H2,1-2H3/t7-,8+,9-,10+,12+/m0/s1. The van der Waals surface area contributed by atoms with Crippen LogP contribution in [0, 0.1) is 23.7 Å². The minimum atomic E-state index is -0.303. The molecular formula is C12H16O3. The summed E-state index contributed by atoms with van der Waals surface area (Å²) in [6.45, 7) is 3.95. The zero-order valence-corrected chi connectivity index (χ0v) is 9.05. The molecule has 2 fully saturated rings. The average Bonchev–Trinajstić information content (AvgIpc) is 2.78. The number of fused-ring (bicyclic) bond motifs is 5. The van der Waals surface area contributed by atoms with Crippen LogP contribution in [0.1, 0.15) is 20.3 Å². The molecule has 0 radical (unpaired) electrons. The number of carbonyl (C=O) groups excluding carboxylic acids is 1. The van der Waals surface area contributed by atoms with Crippen LogP contribution in [-0.2, 0) is 14.3 Å². The van der Waals surface area contributed by atoms with Crippen molar-refractivity contribution in [1.82, 2.24) is 0 Å². The van der Waals surface area contributed by atoms with Gasteiger partial charge in [-0.05, 0) is 32.1 Å². The van der Waals surface area contributed by atoms with Crippen molar-refractivity contribution in [2.24, 2.45) is 23.7 Å². The van der Waals surface area contributed by atoms with Crippen LogP contribution in [0.2, 0.25) is 0 Å². The van der Waals surface area contributed by atoms with Gasteiger partial charge in [0, 0.05) is 5.92 Å². The first-order valence-electron chi connectivity index (χ1n) is 5.71. The molecule has 82 valence electrons. The van der Waals surface area contributed by atoms with E-state index >= 15 is 0 Å². The quantitative estimate of drug-likeness (QED) is 0.512. The Morgan fingerprint density at radius 2 is 2.13 bits per heavy atom. The molecule has 2 aliphatic carbocycles. The topological polar surface area (TPSA) is 35.5 Å². The molecule has 2 bridgehead atoms. The summed E-state index contributed by atoms with van der Waals surface area (Å²) in [6.07, 6.45) is 5.32. The van der Waals surface area contributed by atoms with E-state index in [9.17, 15) is 4.79 Å². The lowest BCUT2D eigenvalue weighted by Crippen LogP contribution is -2.28. The van der Waals surface area contributed by atoms with E-state index in [1.54, 1.807) is 0 Å². The SMILES string of the molecule is CC(C)O[C@@H]1OC(=O)[C@@H]2[C@H]1[C@@H]1C=C[C@H]2C1. The normalized spacial score (nSPS) is 46.3. The molecule has 3 nitrogen and oxygen atoms in total. The molecule has 0 spiro atoms. The molecule has 3 heteroatoms. The molecule has 1 saturated carbocycles. The summed E-state index contributed by atoms with van der Waals surface area (Å²) in [5.41, 5.74) is 0. The van der Waals surface area contributed by atoms with Gasteiger partial charge in [-0.2, -0.15) is 0 Å². The summed E-state index contributed by atoms with van der Waals surface area (Å²) in [7, 11) is 0. The fourth-order valence-corrected chi connectivity index (χ4v) is 3.22. The second kappa shape index (κ2) is 3.08. The smallest absolute Gasteiger partial charge is 0.312 e. The number of cyclic esters (lactones) is 1. The van der Waals surface area contributed by atoms with Crippen LogP contribution in [0.15, 0.2) is 12.2 Å². The van der Waals surface area contributed by atoms with Crippen LogP contribution in [0.3, 0.4) is 0 Å². The van der Waals surface area contributed by atoms with Gasteiger partial charge >= 0.3 is 5.97 Å². The van der Waals surface area contributed by atoms with Gasteiger partial charge in [-0.1, -0.05) is 12.2 Å². The van der Waals surface area contributed by atoms with Gasteiger partial charge in [0.05, 0.1) is 12.0 Å². The fourth-order valence-electron chi connectivity index (χ4n) is 3.22. The molecule has 1 saturated heterocycles. The van der Waals surface area contributed by atoms with E-state index in [0.717, 1.165) is 6.42 Å². The first-order valence-corrected chi connectivity index (χ1v) is 5.71. The maximum atomic E-state index is 11.7. The zero-order chi connectivity index (χ0) is 10.6. The Morgan fingerprint density at radius 1 is 1.40 bits per heavy atom. The second-order valence-electron chi connectivity index (χ2n) is 5.04. The van der Waals surface area contributed by atoms with Gasteiger partial charge in [-0.25, -0.2) is 0 Å². The highest BCUT2D eigenvalue weighted by Gasteiger charge is 2.58. The highest BCUT2D eigenvalue weighted by atomic mass is 16.7. The molecule has 0 aromatic heterocycles. The number of esters is 1. The molecular weight excluding hydrogens is 192 g/mol. The van der Waals surface area contributed by atoms with Crippen LogP contribution in [0.5, 0.6) is 0 Å². The molecule has 15 heavy (non-hydrogen) atoms. The Hall–Kier alpha value is -0.830. The first kappa shape index (κ1) is 9.40. The molecule has 5 atom stereocenters. The third-order valence-electron chi connectivity index (χ3n) is 3.75. The van der Waals surface area contributed by atoms with Crippen LogP contribution in [-0.4, -0.2) is 18.4 Å². The van der Waals surface area contributed by atoms with E-state index in [-0.39, 0.29) is 30.2 Å². The van der Waals surface area contributed by atoms with Crippen molar-refractivity contribution in [2.45, 2.75) is 32.7 Å². The summed E-state index contributed by atoms with van der Waals surface area (Å²) in [6, 6.07) is 0. The monoisotopic (exact) mass is 208 g/mol. The van der Waals surface area contributed by atoms with Crippen molar-refractivity contribution >= 4 is 5.97 Å². The Labute approximate surface area is 89.4 Å². The fraction of sp³-hybridized carbons (Fsp3) is 0.750. The summed E-state index contributed by atoms with van der Waals surface area (Å²) in [5.74, 6) is 1.20. The van der Waals surface area contributed by atoms with Crippen molar-refractivity contribution in [2.75, 3.05) is 0 Å². The zero-order valence-electron chi connectivity index (χ0n) is 9.05. The molecule has 0 aromatic rings. The lowest BCUT2D eigenvalue weighted by atomic mass is 9.85. The lowest BCUT2D eigenvalue weighted by Gasteiger charge is -2.23. The van der Waals surface area contributed by atoms with Gasteiger partial charge in [0.1, 0.15) is 0 Å². The molecule has 1 heterocycles. The molecule has 0 N–H and O–H groups in total. The number of carbonyl (C=O) groups is 1. The molecule has 0 aromatic carbocycles. The third-order valence-corrected chi connectivity index (χ3v) is 3.75. The minimum absolute atomic E-state index is 0.0532. The summed E-state index contributed by atoms with van der Waals surface area (Å²) in [4.78, 5) is 11.7. The van der Waals surface area contributed by atoms with Gasteiger partial charge in [-0.15, -0.1) is 0 Å². The second-order valence-corrected chi connectivity index (χ2v) is 5.04. The Kier molecular flexibility index (Phi) is 1.93. The van der Waals surface area contributed by atoms with Gasteiger partial charge < -0.3 is 9.47 Å². The van der Waals surface area contributed by atoms with Crippen molar-refractivity contribution in [3.63, 3.8) is 0 Å². The predicted octanol–water partition coefficient (Wildman–Crippen LogP) is 1.73. The average molecular weight is 208 g/mol. The maximum Gasteiger partial charge on any atom is 0.312 e. The van der Waals surface area contributed by atoms with E-state index < -0.39 is 0 Å². The van der Waals surface area contributed by atoms with Crippen molar-refractivity contribution in [1.29, 1.82) is 0 Å². The Morgan fingerprint density at radius 3 is 2.87 bits per heavy atom. The van der Waals surface area contributed by atoms with E-state index in [2.05, 4.69) is 12.2 Å². The van der Waals surface area contributed by atoms with Crippen LogP contribution in [0.25, 0.3) is 0 Å². The van der Waals surface area contributed by atoms with Gasteiger partial charge in [-0.3, -0.25) is 4.79 Å². The molecule has 0 unspecified atom stereocenters. The van der Waals surface area contributed by atoms with E-state index in [1.807, 2.05) is 13.8 Å². The number of hydrogen-bond acceptors (Lipinski definition) is 3.